The second kappa shape index (κ2) is 3.57. The second-order valence-electron chi connectivity index (χ2n) is 4.27. The van der Waals surface area contributed by atoms with Crippen LogP contribution in [0.5, 0.6) is 0 Å². The van der Waals surface area contributed by atoms with Gasteiger partial charge in [-0.05, 0) is 24.2 Å². The summed E-state index contributed by atoms with van der Waals surface area (Å²) in [6, 6.07) is 0. The number of aliphatic hydroxyl groups is 1. The molecule has 0 aromatic rings. The van der Waals surface area contributed by atoms with Crippen molar-refractivity contribution in [1.82, 2.24) is 0 Å². The summed E-state index contributed by atoms with van der Waals surface area (Å²) < 4.78 is 0. The van der Waals surface area contributed by atoms with Crippen LogP contribution in [0.2, 0.25) is 0 Å². The molecule has 0 bridgehead atoms. The van der Waals surface area contributed by atoms with E-state index >= 15 is 0 Å². The van der Waals surface area contributed by atoms with Crippen molar-refractivity contribution in [2.24, 2.45) is 11.3 Å². The maximum absolute atomic E-state index is 8.90. The first-order valence-electron chi connectivity index (χ1n) is 4.80. The standard InChI is InChI=1S/C10H20O/c1-9-5-3-4-6-10(9,2)7-8-11/h9,11H,3-8H2,1-2H3/t9-,10+/m0/s1. The van der Waals surface area contributed by atoms with Crippen molar-refractivity contribution in [3.63, 3.8) is 0 Å². The van der Waals surface area contributed by atoms with E-state index in [1.165, 1.54) is 25.7 Å². The summed E-state index contributed by atoms with van der Waals surface area (Å²) in [7, 11) is 0. The number of hydrogen-bond acceptors (Lipinski definition) is 1. The Morgan fingerprint density at radius 2 is 2.18 bits per heavy atom. The third-order valence-electron chi connectivity index (χ3n) is 3.51. The molecular weight excluding hydrogens is 136 g/mol. The molecule has 0 heterocycles. The fraction of sp³-hybridized carbons (Fsp3) is 1.00. The minimum atomic E-state index is 0.362. The van der Waals surface area contributed by atoms with Crippen molar-refractivity contribution in [2.75, 3.05) is 6.61 Å². The SMILES string of the molecule is C[C@H]1CCCC[C@]1(C)CCO. The van der Waals surface area contributed by atoms with Gasteiger partial charge in [0.05, 0.1) is 0 Å². The van der Waals surface area contributed by atoms with Gasteiger partial charge in [-0.1, -0.05) is 33.1 Å². The Morgan fingerprint density at radius 3 is 2.73 bits per heavy atom. The van der Waals surface area contributed by atoms with Gasteiger partial charge in [0.15, 0.2) is 0 Å². The summed E-state index contributed by atoms with van der Waals surface area (Å²) in [5.41, 5.74) is 0.438. The zero-order chi connectivity index (χ0) is 8.32. The van der Waals surface area contributed by atoms with Crippen LogP contribution in [0.4, 0.5) is 0 Å². The zero-order valence-electron chi connectivity index (χ0n) is 7.77. The molecule has 1 rings (SSSR count). The molecule has 2 atom stereocenters. The molecule has 1 aliphatic rings. The molecular formula is C10H20O. The lowest BCUT2D eigenvalue weighted by Crippen LogP contribution is -2.29. The van der Waals surface area contributed by atoms with Gasteiger partial charge in [-0.3, -0.25) is 0 Å². The first kappa shape index (κ1) is 9.05. The van der Waals surface area contributed by atoms with Gasteiger partial charge < -0.3 is 5.11 Å². The quantitative estimate of drug-likeness (QED) is 0.651. The molecule has 0 aromatic heterocycles. The minimum Gasteiger partial charge on any atom is -0.396 e. The molecule has 11 heavy (non-hydrogen) atoms. The van der Waals surface area contributed by atoms with Gasteiger partial charge in [0, 0.05) is 6.61 Å². The Hall–Kier alpha value is -0.0400. The molecule has 0 aliphatic heterocycles. The highest BCUT2D eigenvalue weighted by molar-refractivity contribution is 4.83. The van der Waals surface area contributed by atoms with Crippen LogP contribution in [0.15, 0.2) is 0 Å². The Bertz CT molecular complexity index is 118. The summed E-state index contributed by atoms with van der Waals surface area (Å²) in [5.74, 6) is 0.809. The van der Waals surface area contributed by atoms with Crippen LogP contribution in [0.1, 0.15) is 46.0 Å². The molecule has 1 N–H and O–H groups in total. The highest BCUT2D eigenvalue weighted by Crippen LogP contribution is 2.42. The zero-order valence-corrected chi connectivity index (χ0v) is 7.77. The Labute approximate surface area is 69.8 Å². The highest BCUT2D eigenvalue weighted by atomic mass is 16.3. The molecule has 1 heteroatoms. The predicted molar refractivity (Wildman–Crippen MR) is 47.4 cm³/mol. The molecule has 0 saturated heterocycles. The third kappa shape index (κ3) is 1.96. The van der Waals surface area contributed by atoms with Gasteiger partial charge >= 0.3 is 0 Å². The maximum atomic E-state index is 8.90. The van der Waals surface area contributed by atoms with Crippen LogP contribution in [-0.4, -0.2) is 11.7 Å². The molecule has 1 aliphatic carbocycles. The van der Waals surface area contributed by atoms with Crippen LogP contribution >= 0.6 is 0 Å². The number of hydrogen-bond donors (Lipinski definition) is 1. The fourth-order valence-electron chi connectivity index (χ4n) is 2.20. The summed E-state index contributed by atoms with van der Waals surface area (Å²) >= 11 is 0. The first-order chi connectivity index (χ1) is 5.19. The van der Waals surface area contributed by atoms with Gasteiger partial charge in [-0.25, -0.2) is 0 Å². The second-order valence-corrected chi connectivity index (χ2v) is 4.27. The van der Waals surface area contributed by atoms with Crippen molar-refractivity contribution in [2.45, 2.75) is 46.0 Å². The van der Waals surface area contributed by atoms with Crippen LogP contribution in [0.3, 0.4) is 0 Å². The lowest BCUT2D eigenvalue weighted by Gasteiger charge is -2.39. The minimum absolute atomic E-state index is 0.362. The van der Waals surface area contributed by atoms with Crippen LogP contribution < -0.4 is 0 Å². The van der Waals surface area contributed by atoms with E-state index in [-0.39, 0.29) is 0 Å². The monoisotopic (exact) mass is 156 g/mol. The van der Waals surface area contributed by atoms with E-state index < -0.39 is 0 Å². The summed E-state index contributed by atoms with van der Waals surface area (Å²) in [6.45, 7) is 5.02. The molecule has 1 nitrogen and oxygen atoms in total. The molecule has 0 amide bonds. The van der Waals surface area contributed by atoms with Gasteiger partial charge in [0.2, 0.25) is 0 Å². The number of rotatable bonds is 2. The molecule has 0 unspecified atom stereocenters. The Balaban J connectivity index is 2.49. The Morgan fingerprint density at radius 1 is 1.45 bits per heavy atom. The lowest BCUT2D eigenvalue weighted by molar-refractivity contribution is 0.0892. The fourth-order valence-corrected chi connectivity index (χ4v) is 2.20. The number of aliphatic hydroxyl groups excluding tert-OH is 1. The van der Waals surface area contributed by atoms with Crippen LogP contribution in [0.25, 0.3) is 0 Å². The summed E-state index contributed by atoms with van der Waals surface area (Å²) in [4.78, 5) is 0. The average molecular weight is 156 g/mol. The van der Waals surface area contributed by atoms with Crippen LogP contribution in [-0.2, 0) is 0 Å². The van der Waals surface area contributed by atoms with Crippen molar-refractivity contribution < 1.29 is 5.11 Å². The molecule has 1 saturated carbocycles. The lowest BCUT2D eigenvalue weighted by atomic mass is 9.67. The first-order valence-corrected chi connectivity index (χ1v) is 4.80. The van der Waals surface area contributed by atoms with Crippen molar-refractivity contribution in [3.05, 3.63) is 0 Å². The molecule has 0 aromatic carbocycles. The third-order valence-corrected chi connectivity index (χ3v) is 3.51. The van der Waals surface area contributed by atoms with Crippen molar-refractivity contribution in [1.29, 1.82) is 0 Å². The van der Waals surface area contributed by atoms with Crippen molar-refractivity contribution in [3.8, 4) is 0 Å². The van der Waals surface area contributed by atoms with Crippen molar-refractivity contribution >= 4 is 0 Å². The normalized spacial score (nSPS) is 39.0. The molecule has 0 spiro atoms. The molecule has 0 radical (unpaired) electrons. The van der Waals surface area contributed by atoms with Crippen LogP contribution in [0, 0.1) is 11.3 Å². The van der Waals surface area contributed by atoms with E-state index in [1.54, 1.807) is 0 Å². The van der Waals surface area contributed by atoms with E-state index in [0.717, 1.165) is 12.3 Å². The molecule has 66 valence electrons. The highest BCUT2D eigenvalue weighted by Gasteiger charge is 2.32. The van der Waals surface area contributed by atoms with Gasteiger partial charge in [0.1, 0.15) is 0 Å². The largest absolute Gasteiger partial charge is 0.396 e. The van der Waals surface area contributed by atoms with Gasteiger partial charge in [-0.2, -0.15) is 0 Å². The average Bonchev–Trinajstić information content (AvgIpc) is 1.96. The van der Waals surface area contributed by atoms with E-state index in [1.807, 2.05) is 0 Å². The Kier molecular flexibility index (Phi) is 2.94. The molecule has 1 fully saturated rings. The summed E-state index contributed by atoms with van der Waals surface area (Å²) in [5, 5.41) is 8.90. The maximum Gasteiger partial charge on any atom is 0.0436 e. The topological polar surface area (TPSA) is 20.2 Å². The smallest absolute Gasteiger partial charge is 0.0436 e. The van der Waals surface area contributed by atoms with E-state index in [2.05, 4.69) is 13.8 Å². The van der Waals surface area contributed by atoms with E-state index in [0.29, 0.717) is 12.0 Å². The van der Waals surface area contributed by atoms with E-state index in [9.17, 15) is 0 Å². The summed E-state index contributed by atoms with van der Waals surface area (Å²) in [6.07, 6.45) is 6.42. The predicted octanol–water partition coefficient (Wildman–Crippen LogP) is 2.59. The van der Waals surface area contributed by atoms with Gasteiger partial charge in [-0.15, -0.1) is 0 Å². The van der Waals surface area contributed by atoms with Gasteiger partial charge in [0.25, 0.3) is 0 Å². The van der Waals surface area contributed by atoms with E-state index in [4.69, 9.17) is 5.11 Å².